The third-order valence-corrected chi connectivity index (χ3v) is 22.2. The average molecular weight is 987 g/mol. The summed E-state index contributed by atoms with van der Waals surface area (Å²) < 4.78 is 34.6. The van der Waals surface area contributed by atoms with Gasteiger partial charge in [0.1, 0.15) is 24.1 Å². The highest BCUT2D eigenvalue weighted by Gasteiger charge is 2.95. The Morgan fingerprint density at radius 2 is 1.78 bits per heavy atom. The molecule has 6 heterocycles. The fourth-order valence-corrected chi connectivity index (χ4v) is 19.1. The molecule has 11 aliphatic rings. The molecule has 2 aromatic rings. The topological polar surface area (TPSA) is 189 Å². The van der Waals surface area contributed by atoms with Crippen molar-refractivity contribution in [2.45, 2.75) is 164 Å². The van der Waals surface area contributed by atoms with E-state index in [-0.39, 0.29) is 67.2 Å². The van der Waals surface area contributed by atoms with E-state index >= 15 is 9.59 Å². The molecule has 6 aliphatic carbocycles. The van der Waals surface area contributed by atoms with E-state index in [1.165, 1.54) is 5.56 Å². The molecule has 13 heteroatoms. The minimum atomic E-state index is -1.54. The molecule has 13 nitrogen and oxygen atoms in total. The second-order valence-corrected chi connectivity index (χ2v) is 24.9. The quantitative estimate of drug-likeness (QED) is 0.0797. The number of ether oxygens (including phenoxy) is 4. The van der Waals surface area contributed by atoms with Crippen LogP contribution in [0.4, 0.5) is 0 Å². The van der Waals surface area contributed by atoms with Gasteiger partial charge in [0.25, 0.3) is 0 Å². The Morgan fingerprint density at radius 1 is 0.944 bits per heavy atom. The average Bonchev–Trinajstić information content (AvgIpc) is 3.65. The number of hydrogen-bond donors (Lipinski definition) is 5. The highest BCUT2D eigenvalue weighted by Crippen LogP contribution is 2.84. The van der Waals surface area contributed by atoms with E-state index in [2.05, 4.69) is 72.7 Å². The Bertz CT molecular complexity index is 2560. The highest BCUT2D eigenvalue weighted by atomic mass is 16.7. The van der Waals surface area contributed by atoms with Crippen LogP contribution >= 0.6 is 0 Å². The lowest BCUT2D eigenvalue weighted by Crippen LogP contribution is -2.81. The summed E-state index contributed by atoms with van der Waals surface area (Å²) in [5.74, 6) is 5.22. The van der Waals surface area contributed by atoms with E-state index in [1.807, 2.05) is 12.1 Å². The second-order valence-electron chi connectivity index (χ2n) is 24.9. The van der Waals surface area contributed by atoms with Crippen molar-refractivity contribution in [3.8, 4) is 11.8 Å². The lowest BCUT2D eigenvalue weighted by molar-refractivity contribution is -0.295. The predicted octanol–water partition coefficient (Wildman–Crippen LogP) is 6.10. The zero-order valence-electron chi connectivity index (χ0n) is 42.0. The van der Waals surface area contributed by atoms with Crippen molar-refractivity contribution in [2.75, 3.05) is 26.4 Å². The summed E-state index contributed by atoms with van der Waals surface area (Å²) >= 11 is 0. The van der Waals surface area contributed by atoms with Gasteiger partial charge < -0.3 is 44.0 Å². The lowest BCUT2D eigenvalue weighted by atomic mass is 9.31. The van der Waals surface area contributed by atoms with Gasteiger partial charge >= 0.3 is 11.9 Å². The predicted molar refractivity (Wildman–Crippen MR) is 262 cm³/mol. The van der Waals surface area contributed by atoms with E-state index in [9.17, 15) is 20.1 Å². The number of furan rings is 1. The largest absolute Gasteiger partial charge is 0.469 e. The lowest BCUT2D eigenvalue weighted by Gasteiger charge is -2.71. The number of esters is 2. The molecular formula is C59H74N2O11. The number of rotatable bonds is 10. The van der Waals surface area contributed by atoms with Crippen LogP contribution in [0.5, 0.6) is 0 Å². The van der Waals surface area contributed by atoms with Gasteiger partial charge in [-0.15, -0.1) is 0 Å². The van der Waals surface area contributed by atoms with Crippen molar-refractivity contribution in [2.24, 2.45) is 69.5 Å². The number of cyclic esters (lactones) is 1. The van der Waals surface area contributed by atoms with Crippen LogP contribution in [0.25, 0.3) is 0 Å². The number of nitrogens with one attached hydrogen (secondary N) is 2. The van der Waals surface area contributed by atoms with Gasteiger partial charge in [-0.25, -0.2) is 4.79 Å². The number of epoxide rings is 1. The van der Waals surface area contributed by atoms with E-state index < -0.39 is 87.8 Å². The van der Waals surface area contributed by atoms with E-state index in [1.54, 1.807) is 6.26 Å². The smallest absolute Gasteiger partial charge is 0.339 e. The first-order valence-corrected chi connectivity index (χ1v) is 27.8. The van der Waals surface area contributed by atoms with Crippen LogP contribution in [-0.4, -0.2) is 101 Å². The number of aliphatic hydroxyl groups is 3. The van der Waals surface area contributed by atoms with Crippen molar-refractivity contribution in [1.29, 1.82) is 0 Å². The summed E-state index contributed by atoms with van der Waals surface area (Å²) in [6.07, 6.45) is 13.2. The third kappa shape index (κ3) is 6.41. The third-order valence-electron chi connectivity index (χ3n) is 22.2. The summed E-state index contributed by atoms with van der Waals surface area (Å²) in [5, 5.41) is 43.3. The molecule has 1 aromatic heterocycles. The van der Waals surface area contributed by atoms with Gasteiger partial charge in [0.15, 0.2) is 17.5 Å². The highest BCUT2D eigenvalue weighted by molar-refractivity contribution is 5.92. The first kappa shape index (κ1) is 47.8. The van der Waals surface area contributed by atoms with Crippen molar-refractivity contribution in [3.05, 3.63) is 71.7 Å². The Kier molecular flexibility index (Phi) is 11.5. The molecule has 0 unspecified atom stereocenters. The van der Waals surface area contributed by atoms with Gasteiger partial charge in [0.05, 0.1) is 49.4 Å². The summed E-state index contributed by atoms with van der Waals surface area (Å²) in [5.41, 5.74) is -5.33. The molecule has 19 atom stereocenters. The molecule has 0 amide bonds. The van der Waals surface area contributed by atoms with Crippen LogP contribution in [0.15, 0.2) is 59.2 Å². The number of benzene rings is 1. The SMILES string of the molecule is C[C@]12CC[C@@H]3[C@@]45COC(=O)C[C@@H]4O[C@](C)(C4CCCCC4)[C@H]5C(=O)[C@@H](O)[C@]34[C@H]3C[C@H](Cc5ccccc5)CC[C@H]3C#CC[C@@]1(c1ccoc1C[C@H]([C@H](O)CO)[C@H]1C=C[C@H]([C@H]3CNCN3)CC1)OC(=O)[C@H]1O[C@@]142. The zero-order chi connectivity index (χ0) is 49.4. The van der Waals surface area contributed by atoms with E-state index in [0.717, 1.165) is 77.4 Å². The number of carbonyl (C=O) groups excluding carboxylic acids is 3. The number of ketones is 1. The van der Waals surface area contributed by atoms with Gasteiger partial charge in [-0.05, 0) is 118 Å². The normalized spacial score (nSPS) is 46.8. The Labute approximate surface area is 423 Å². The van der Waals surface area contributed by atoms with Crippen LogP contribution in [-0.2, 0) is 51.8 Å². The van der Waals surface area contributed by atoms with Crippen molar-refractivity contribution < 1.29 is 53.1 Å². The fourth-order valence-electron chi connectivity index (χ4n) is 19.1. The van der Waals surface area contributed by atoms with Crippen LogP contribution in [0.2, 0.25) is 0 Å². The van der Waals surface area contributed by atoms with Crippen LogP contribution in [0, 0.1) is 81.3 Å². The Morgan fingerprint density at radius 3 is 2.54 bits per heavy atom. The molecule has 3 spiro atoms. The van der Waals surface area contributed by atoms with Crippen molar-refractivity contribution in [1.82, 2.24) is 10.6 Å². The van der Waals surface area contributed by atoms with Gasteiger partial charge in [0, 0.05) is 59.3 Å². The van der Waals surface area contributed by atoms with Crippen molar-refractivity contribution in [3.63, 3.8) is 0 Å². The number of fused-ring (bicyclic) bond motifs is 1. The maximum Gasteiger partial charge on any atom is 0.339 e. The molecule has 5 saturated heterocycles. The first-order valence-electron chi connectivity index (χ1n) is 27.8. The first-order chi connectivity index (χ1) is 34.9. The number of Topliss-reactive ketones (excluding diaryl/α,β-unsaturated/α-hetero) is 1. The molecule has 386 valence electrons. The van der Waals surface area contributed by atoms with Gasteiger partial charge in [-0.3, -0.25) is 14.9 Å². The maximum absolute atomic E-state index is 16.5. The molecule has 5 N–H and O–H groups in total. The van der Waals surface area contributed by atoms with Crippen molar-refractivity contribution >= 4 is 17.7 Å². The molecule has 4 bridgehead atoms. The maximum atomic E-state index is 16.5. The summed E-state index contributed by atoms with van der Waals surface area (Å²) in [6.45, 7) is 5.52. The minimum Gasteiger partial charge on any atom is -0.469 e. The van der Waals surface area contributed by atoms with E-state index in [4.69, 9.17) is 23.4 Å². The van der Waals surface area contributed by atoms with Crippen LogP contribution in [0.3, 0.4) is 0 Å². The van der Waals surface area contributed by atoms with Gasteiger partial charge in [-0.1, -0.05) is 80.5 Å². The standard InChI is InChI=1S/C59H74N2O11/c1-54-24-21-46-56-32-69-48(64)29-47(56)70-55(2,39-13-7-4-8-14-39)50(56)49(65)51(66)58(46)42-27-35(26-34-10-5-3-6-11-34)15-16-37(42)12-9-23-57(54,72-53(67)52-59(54,58)71-52)41-22-25-68-45(41)28-40(44(63)31-62)36-17-19-38(20-18-36)43-30-60-33-61-43/h3,5-6,10-11,17,19,22,25,35-40,42-44,46-47,50-52,60-63,66H,4,7-8,13-16,18,20-21,23-24,26-33H2,1-2H3/t35-,36-,37+,38-,40-,42-,43+,44+,46+,47-,50+,51+,52+,54-,55+,56-,57-,58-,59+/m0/s1. The van der Waals surface area contributed by atoms with Crippen LogP contribution < -0.4 is 10.6 Å². The summed E-state index contributed by atoms with van der Waals surface area (Å²) in [6, 6.07) is 12.8. The van der Waals surface area contributed by atoms with E-state index in [0.29, 0.717) is 42.5 Å². The monoisotopic (exact) mass is 987 g/mol. The zero-order valence-corrected chi connectivity index (χ0v) is 42.0. The van der Waals surface area contributed by atoms with Gasteiger partial charge in [0.2, 0.25) is 0 Å². The molecule has 5 aliphatic heterocycles. The molecule has 0 radical (unpaired) electrons. The molecule has 4 saturated carbocycles. The molecule has 13 rings (SSSR count). The summed E-state index contributed by atoms with van der Waals surface area (Å²) in [4.78, 5) is 45.5. The summed E-state index contributed by atoms with van der Waals surface area (Å²) in [7, 11) is 0. The number of allylic oxidation sites excluding steroid dienone is 1. The molecular weight excluding hydrogens is 913 g/mol. The number of carbonyl (C=O) groups is 3. The molecule has 1 aromatic carbocycles. The number of hydrogen-bond acceptors (Lipinski definition) is 13. The second kappa shape index (κ2) is 17.3. The fraction of sp³-hybridized carbons (Fsp3) is 0.712. The Balaban J connectivity index is 0.973. The van der Waals surface area contributed by atoms with Crippen LogP contribution in [0.1, 0.15) is 121 Å². The molecule has 72 heavy (non-hydrogen) atoms. The molecule has 9 fully saturated rings. The minimum absolute atomic E-state index is 0.00276. The number of aliphatic hydroxyl groups excluding tert-OH is 3. The Hall–Kier alpha value is -3.87. The van der Waals surface area contributed by atoms with Gasteiger partial charge in [-0.2, -0.15) is 0 Å².